The summed E-state index contributed by atoms with van der Waals surface area (Å²) in [5.74, 6) is 1.88. The number of likely N-dealkylation sites (N-methyl/N-ethyl adjacent to an activating group) is 1. The fourth-order valence-electron chi connectivity index (χ4n) is 4.60. The number of hydrogen-bond donors (Lipinski definition) is 2. The van der Waals surface area contributed by atoms with Crippen LogP contribution < -0.4 is 19.5 Å². The number of sulfonamides is 1. The Kier molecular flexibility index (Phi) is 8.17. The molecule has 1 saturated carbocycles. The van der Waals surface area contributed by atoms with E-state index in [2.05, 4.69) is 20.3 Å². The Labute approximate surface area is 221 Å². The molecule has 2 aliphatic rings. The van der Waals surface area contributed by atoms with E-state index in [1.165, 1.54) is 10.6 Å². The summed E-state index contributed by atoms with van der Waals surface area (Å²) in [4.78, 5) is 12.3. The summed E-state index contributed by atoms with van der Waals surface area (Å²) in [6, 6.07) is 7.07. The molecular weight excluding hydrogens is 514 g/mol. The molecule has 3 heterocycles. The third-order valence-corrected chi connectivity index (χ3v) is 7.91. The third-order valence-electron chi connectivity index (χ3n) is 6.59. The molecule has 2 atom stereocenters. The SMILES string of the molecule is CN([C@@H]1CCC[C@H]1Oc1nc(Nc2ccc3c(c2)OCCOCCOCCO3)nc2[nH]ccc12)S(C)(=O)=O. The summed E-state index contributed by atoms with van der Waals surface area (Å²) >= 11 is 0. The molecular formula is C25H33N5O7S. The molecule has 206 valence electrons. The maximum Gasteiger partial charge on any atom is 0.232 e. The van der Waals surface area contributed by atoms with Gasteiger partial charge in [-0.15, -0.1) is 0 Å². The summed E-state index contributed by atoms with van der Waals surface area (Å²) < 4.78 is 54.8. The van der Waals surface area contributed by atoms with Crippen LogP contribution in [0.3, 0.4) is 0 Å². The van der Waals surface area contributed by atoms with Gasteiger partial charge in [-0.25, -0.2) is 8.42 Å². The van der Waals surface area contributed by atoms with E-state index in [-0.39, 0.29) is 12.1 Å². The highest BCUT2D eigenvalue weighted by Crippen LogP contribution is 2.34. The van der Waals surface area contributed by atoms with Crippen molar-refractivity contribution in [1.82, 2.24) is 19.3 Å². The molecule has 2 aromatic heterocycles. The number of benzene rings is 1. The molecule has 1 aliphatic carbocycles. The molecule has 0 amide bonds. The van der Waals surface area contributed by atoms with E-state index in [0.717, 1.165) is 24.6 Å². The van der Waals surface area contributed by atoms with Gasteiger partial charge in [-0.1, -0.05) is 0 Å². The Balaban J connectivity index is 1.37. The monoisotopic (exact) mass is 547 g/mol. The first kappa shape index (κ1) is 26.5. The van der Waals surface area contributed by atoms with Crippen LogP contribution in [0.5, 0.6) is 17.4 Å². The van der Waals surface area contributed by atoms with Gasteiger partial charge >= 0.3 is 0 Å². The van der Waals surface area contributed by atoms with Crippen LogP contribution >= 0.6 is 0 Å². The highest BCUT2D eigenvalue weighted by Gasteiger charge is 2.36. The molecule has 3 aromatic rings. The van der Waals surface area contributed by atoms with E-state index in [1.54, 1.807) is 13.2 Å². The summed E-state index contributed by atoms with van der Waals surface area (Å²) in [5, 5.41) is 3.95. The van der Waals surface area contributed by atoms with Crippen molar-refractivity contribution in [2.45, 2.75) is 31.4 Å². The lowest BCUT2D eigenvalue weighted by atomic mass is 10.2. The van der Waals surface area contributed by atoms with Crippen molar-refractivity contribution in [3.8, 4) is 17.4 Å². The first-order valence-corrected chi connectivity index (χ1v) is 14.5. The lowest BCUT2D eigenvalue weighted by molar-refractivity contribution is 0.0223. The molecule has 0 radical (unpaired) electrons. The minimum absolute atomic E-state index is 0.257. The largest absolute Gasteiger partial charge is 0.487 e. The number of nitrogens with one attached hydrogen (secondary N) is 2. The van der Waals surface area contributed by atoms with Gasteiger partial charge in [0.1, 0.15) is 25.0 Å². The number of aromatic nitrogens is 3. The van der Waals surface area contributed by atoms with Crippen molar-refractivity contribution in [1.29, 1.82) is 0 Å². The maximum atomic E-state index is 12.2. The van der Waals surface area contributed by atoms with Crippen molar-refractivity contribution >= 4 is 32.7 Å². The molecule has 0 saturated heterocycles. The van der Waals surface area contributed by atoms with E-state index < -0.39 is 10.0 Å². The fourth-order valence-corrected chi connectivity index (χ4v) is 5.33. The average Bonchev–Trinajstić information content (AvgIpc) is 3.53. The lowest BCUT2D eigenvalue weighted by Gasteiger charge is -2.28. The van der Waals surface area contributed by atoms with Gasteiger partial charge in [-0.05, 0) is 37.5 Å². The van der Waals surface area contributed by atoms with Crippen molar-refractivity contribution in [3.63, 3.8) is 0 Å². The molecule has 1 aromatic carbocycles. The van der Waals surface area contributed by atoms with Crippen LogP contribution in [0, 0.1) is 0 Å². The van der Waals surface area contributed by atoms with Crippen LogP contribution in [0.2, 0.25) is 0 Å². The Morgan fingerprint density at radius 1 is 1.00 bits per heavy atom. The predicted molar refractivity (Wildman–Crippen MR) is 141 cm³/mol. The maximum absolute atomic E-state index is 12.2. The summed E-state index contributed by atoms with van der Waals surface area (Å²) in [6.07, 6.45) is 5.00. The van der Waals surface area contributed by atoms with Crippen molar-refractivity contribution in [2.24, 2.45) is 0 Å². The minimum Gasteiger partial charge on any atom is -0.487 e. The van der Waals surface area contributed by atoms with E-state index in [9.17, 15) is 8.42 Å². The minimum atomic E-state index is -3.35. The van der Waals surface area contributed by atoms with E-state index in [0.29, 0.717) is 74.3 Å². The van der Waals surface area contributed by atoms with Crippen LogP contribution in [0.15, 0.2) is 30.5 Å². The molecule has 0 bridgehead atoms. The van der Waals surface area contributed by atoms with Crippen LogP contribution in [0.1, 0.15) is 19.3 Å². The van der Waals surface area contributed by atoms with Crippen LogP contribution in [0.25, 0.3) is 11.0 Å². The molecule has 38 heavy (non-hydrogen) atoms. The second-order valence-electron chi connectivity index (χ2n) is 9.23. The zero-order valence-corrected chi connectivity index (χ0v) is 22.3. The summed E-state index contributed by atoms with van der Waals surface area (Å²) in [5.41, 5.74) is 1.30. The number of fused-ring (bicyclic) bond motifs is 2. The number of rotatable bonds is 6. The van der Waals surface area contributed by atoms with Crippen LogP contribution in [-0.4, -0.2) is 92.8 Å². The summed E-state index contributed by atoms with van der Waals surface area (Å²) in [7, 11) is -1.75. The fraction of sp³-hybridized carbons (Fsp3) is 0.520. The molecule has 0 unspecified atom stereocenters. The first-order valence-electron chi connectivity index (χ1n) is 12.7. The number of anilines is 2. The van der Waals surface area contributed by atoms with E-state index in [4.69, 9.17) is 23.7 Å². The number of H-pyrrole nitrogens is 1. The second kappa shape index (κ2) is 11.7. The number of aromatic amines is 1. The van der Waals surface area contributed by atoms with Crippen molar-refractivity contribution < 1.29 is 32.1 Å². The third kappa shape index (κ3) is 6.29. The van der Waals surface area contributed by atoms with E-state index in [1.807, 2.05) is 24.3 Å². The van der Waals surface area contributed by atoms with Gasteiger partial charge in [0.25, 0.3) is 0 Å². The van der Waals surface area contributed by atoms with Crippen LogP contribution in [-0.2, 0) is 19.5 Å². The number of nitrogens with zero attached hydrogens (tertiary/aromatic N) is 3. The normalized spacial score (nSPS) is 21.1. The molecule has 13 heteroatoms. The molecule has 2 N–H and O–H groups in total. The molecule has 5 rings (SSSR count). The lowest BCUT2D eigenvalue weighted by Crippen LogP contribution is -2.43. The van der Waals surface area contributed by atoms with Gasteiger partial charge in [0.2, 0.25) is 21.9 Å². The van der Waals surface area contributed by atoms with E-state index >= 15 is 0 Å². The zero-order valence-electron chi connectivity index (χ0n) is 21.5. The summed E-state index contributed by atoms with van der Waals surface area (Å²) in [6.45, 7) is 2.68. The van der Waals surface area contributed by atoms with Gasteiger partial charge in [0.05, 0.1) is 44.1 Å². The van der Waals surface area contributed by atoms with Crippen molar-refractivity contribution in [2.75, 3.05) is 58.3 Å². The first-order chi connectivity index (χ1) is 18.4. The Morgan fingerprint density at radius 3 is 2.50 bits per heavy atom. The smallest absolute Gasteiger partial charge is 0.232 e. The Morgan fingerprint density at radius 2 is 1.74 bits per heavy atom. The molecule has 1 aliphatic heterocycles. The zero-order chi connectivity index (χ0) is 26.5. The second-order valence-corrected chi connectivity index (χ2v) is 11.3. The number of ether oxygens (including phenoxy) is 5. The van der Waals surface area contributed by atoms with Gasteiger partial charge in [-0.2, -0.15) is 14.3 Å². The predicted octanol–water partition coefficient (Wildman–Crippen LogP) is 2.70. The number of hydrogen-bond acceptors (Lipinski definition) is 10. The Hall–Kier alpha value is -3.13. The standard InChI is InChI=1S/C25H33N5O7S/c1-30(38(2,31)32)19-4-3-5-20(19)37-24-18-8-9-26-23(18)28-25(29-24)27-17-6-7-21-22(16-17)36-15-13-34-11-10-33-12-14-35-21/h6-9,16,19-20H,3-5,10-15H2,1-2H3,(H2,26,27,28,29)/t19-,20-/m1/s1. The van der Waals surface area contributed by atoms with Crippen LogP contribution in [0.4, 0.5) is 11.6 Å². The van der Waals surface area contributed by atoms with Gasteiger partial charge < -0.3 is 34.0 Å². The average molecular weight is 548 g/mol. The highest BCUT2D eigenvalue weighted by molar-refractivity contribution is 7.88. The van der Waals surface area contributed by atoms with Crippen molar-refractivity contribution in [3.05, 3.63) is 30.5 Å². The van der Waals surface area contributed by atoms with Gasteiger partial charge in [-0.3, -0.25) is 0 Å². The quantitative estimate of drug-likeness (QED) is 0.474. The molecule has 0 spiro atoms. The van der Waals surface area contributed by atoms with Gasteiger partial charge in [0, 0.05) is 25.0 Å². The Bertz CT molecular complexity index is 1350. The van der Waals surface area contributed by atoms with Gasteiger partial charge in [0.15, 0.2) is 11.5 Å². The molecule has 12 nitrogen and oxygen atoms in total. The molecule has 1 fully saturated rings. The topological polar surface area (TPSA) is 137 Å². The highest BCUT2D eigenvalue weighted by atomic mass is 32.2.